The maximum atomic E-state index is 12.3. The zero-order chi connectivity index (χ0) is 20.0. The first-order valence-corrected chi connectivity index (χ1v) is 10.9. The number of amides is 1. The third-order valence-electron chi connectivity index (χ3n) is 4.56. The summed E-state index contributed by atoms with van der Waals surface area (Å²) in [6, 6.07) is 16.9. The van der Waals surface area contributed by atoms with Crippen LogP contribution in [0.25, 0.3) is 0 Å². The Bertz CT molecular complexity index is 956. The van der Waals surface area contributed by atoms with Crippen LogP contribution in [0.1, 0.15) is 31.7 Å². The van der Waals surface area contributed by atoms with Crippen LogP contribution in [-0.2, 0) is 21.2 Å². The van der Waals surface area contributed by atoms with E-state index in [4.69, 9.17) is 0 Å². The largest absolute Gasteiger partial charge is 0.356 e. The number of hydrogen-bond acceptors (Lipinski definition) is 4. The van der Waals surface area contributed by atoms with Gasteiger partial charge in [0, 0.05) is 19.4 Å². The van der Waals surface area contributed by atoms with Crippen LogP contribution < -0.4 is 10.6 Å². The Hall–Kier alpha value is -2.67. The van der Waals surface area contributed by atoms with Crippen molar-refractivity contribution in [1.82, 2.24) is 5.32 Å². The summed E-state index contributed by atoms with van der Waals surface area (Å²) in [5.74, 6) is 0.323. The molecule has 2 aromatic rings. The molecule has 0 spiro atoms. The molecule has 1 amide bonds. The van der Waals surface area contributed by atoms with Gasteiger partial charge in [0.1, 0.15) is 10.7 Å². The molecule has 148 valence electrons. The number of para-hydroxylation sites is 1. The molecule has 2 aromatic carbocycles. The van der Waals surface area contributed by atoms with E-state index in [1.807, 2.05) is 25.1 Å². The van der Waals surface area contributed by atoms with Gasteiger partial charge in [-0.2, -0.15) is 8.42 Å². The summed E-state index contributed by atoms with van der Waals surface area (Å²) in [6.07, 6.45) is 2.53. The normalized spacial score (nSPS) is 15.7. The van der Waals surface area contributed by atoms with Crippen LogP contribution in [0, 0.1) is 5.92 Å². The number of sulfonamides is 1. The number of aryl methyl sites for hydroxylation is 1. The van der Waals surface area contributed by atoms with E-state index in [0.717, 1.165) is 12.8 Å². The van der Waals surface area contributed by atoms with Crippen LogP contribution in [0.2, 0.25) is 0 Å². The molecule has 0 saturated heterocycles. The van der Waals surface area contributed by atoms with Gasteiger partial charge in [0.15, 0.2) is 0 Å². The SMILES string of the molecule is C[C@@H](CC(=O)NCCCc1ccccc1)CC1=NS(=O)(=O)c2ccccc2N1. The number of fused-ring (bicyclic) bond motifs is 1. The molecular formula is C21H25N3O3S. The molecule has 7 heteroatoms. The van der Waals surface area contributed by atoms with Crippen molar-refractivity contribution >= 4 is 27.5 Å². The fraction of sp³-hybridized carbons (Fsp3) is 0.333. The van der Waals surface area contributed by atoms with E-state index in [-0.39, 0.29) is 16.7 Å². The van der Waals surface area contributed by atoms with Crippen LogP contribution in [0.15, 0.2) is 63.9 Å². The van der Waals surface area contributed by atoms with Gasteiger partial charge in [-0.3, -0.25) is 4.79 Å². The molecule has 0 unspecified atom stereocenters. The molecule has 0 radical (unpaired) electrons. The van der Waals surface area contributed by atoms with Gasteiger partial charge < -0.3 is 10.6 Å². The number of carbonyl (C=O) groups excluding carboxylic acids is 1. The molecule has 0 aromatic heterocycles. The molecule has 6 nitrogen and oxygen atoms in total. The lowest BCUT2D eigenvalue weighted by Crippen LogP contribution is -2.28. The van der Waals surface area contributed by atoms with E-state index >= 15 is 0 Å². The van der Waals surface area contributed by atoms with Crippen molar-refractivity contribution in [1.29, 1.82) is 0 Å². The quantitative estimate of drug-likeness (QED) is 0.666. The lowest BCUT2D eigenvalue weighted by molar-refractivity contribution is -0.121. The molecule has 1 aliphatic rings. The number of hydrogen-bond donors (Lipinski definition) is 2. The lowest BCUT2D eigenvalue weighted by atomic mass is 10.0. The van der Waals surface area contributed by atoms with Gasteiger partial charge in [-0.25, -0.2) is 0 Å². The van der Waals surface area contributed by atoms with E-state index in [0.29, 0.717) is 30.9 Å². The summed E-state index contributed by atoms with van der Waals surface area (Å²) < 4.78 is 28.4. The van der Waals surface area contributed by atoms with Gasteiger partial charge in [0.05, 0.1) is 5.69 Å². The third-order valence-corrected chi connectivity index (χ3v) is 5.93. The van der Waals surface area contributed by atoms with Crippen molar-refractivity contribution in [2.24, 2.45) is 10.3 Å². The average Bonchev–Trinajstić information content (AvgIpc) is 2.65. The first-order chi connectivity index (χ1) is 13.4. The number of benzene rings is 2. The van der Waals surface area contributed by atoms with E-state index in [1.54, 1.807) is 18.2 Å². The van der Waals surface area contributed by atoms with Gasteiger partial charge in [-0.05, 0) is 36.5 Å². The third kappa shape index (κ3) is 5.42. The standard InChI is InChI=1S/C21H25N3O3S/c1-16(15-21(25)22-13-7-10-17-8-3-2-4-9-17)14-20-23-18-11-5-6-12-19(18)28(26,27)24-20/h2-6,8-9,11-12,16H,7,10,13-15H2,1H3,(H,22,25)(H,23,24)/t16-/m1/s1. The van der Waals surface area contributed by atoms with Crippen LogP contribution in [-0.4, -0.2) is 26.7 Å². The summed E-state index contributed by atoms with van der Waals surface area (Å²) in [5, 5.41) is 6.00. The highest BCUT2D eigenvalue weighted by Crippen LogP contribution is 2.28. The van der Waals surface area contributed by atoms with Gasteiger partial charge in [0.25, 0.3) is 10.0 Å². The van der Waals surface area contributed by atoms with E-state index in [1.165, 1.54) is 11.6 Å². The second-order valence-electron chi connectivity index (χ2n) is 7.09. The summed E-state index contributed by atoms with van der Waals surface area (Å²) in [5.41, 5.74) is 1.79. The molecule has 0 bridgehead atoms. The average molecular weight is 400 g/mol. The topological polar surface area (TPSA) is 87.6 Å². The lowest BCUT2D eigenvalue weighted by Gasteiger charge is -2.20. The van der Waals surface area contributed by atoms with Crippen molar-refractivity contribution in [2.45, 2.75) is 37.5 Å². The second kappa shape index (κ2) is 9.01. The number of amidine groups is 1. The molecule has 3 rings (SSSR count). The highest BCUT2D eigenvalue weighted by molar-refractivity contribution is 7.90. The number of rotatable bonds is 8. The smallest absolute Gasteiger partial charge is 0.286 e. The Balaban J connectivity index is 1.44. The molecular weight excluding hydrogens is 374 g/mol. The molecule has 0 saturated carbocycles. The minimum Gasteiger partial charge on any atom is -0.356 e. The fourth-order valence-electron chi connectivity index (χ4n) is 3.21. The molecule has 2 N–H and O–H groups in total. The summed E-state index contributed by atoms with van der Waals surface area (Å²) in [4.78, 5) is 12.3. The Morgan fingerprint density at radius 3 is 2.61 bits per heavy atom. The molecule has 1 heterocycles. The minimum atomic E-state index is -3.68. The van der Waals surface area contributed by atoms with E-state index < -0.39 is 10.0 Å². The fourth-order valence-corrected chi connectivity index (χ4v) is 4.37. The summed E-state index contributed by atoms with van der Waals surface area (Å²) in [7, 11) is -3.68. The van der Waals surface area contributed by atoms with Crippen LogP contribution in [0.4, 0.5) is 5.69 Å². The zero-order valence-corrected chi connectivity index (χ0v) is 16.7. The van der Waals surface area contributed by atoms with Crippen molar-refractivity contribution in [3.8, 4) is 0 Å². The van der Waals surface area contributed by atoms with Gasteiger partial charge in [-0.1, -0.05) is 49.4 Å². The number of nitrogens with one attached hydrogen (secondary N) is 2. The first-order valence-electron chi connectivity index (χ1n) is 9.44. The van der Waals surface area contributed by atoms with Crippen LogP contribution >= 0.6 is 0 Å². The maximum Gasteiger partial charge on any atom is 0.286 e. The highest BCUT2D eigenvalue weighted by atomic mass is 32.2. The number of carbonyl (C=O) groups is 1. The summed E-state index contributed by atoms with van der Waals surface area (Å²) in [6.45, 7) is 2.54. The van der Waals surface area contributed by atoms with Crippen LogP contribution in [0.3, 0.4) is 0 Å². The molecule has 0 aliphatic carbocycles. The monoisotopic (exact) mass is 399 g/mol. The van der Waals surface area contributed by atoms with Crippen LogP contribution in [0.5, 0.6) is 0 Å². The van der Waals surface area contributed by atoms with Crippen molar-refractivity contribution < 1.29 is 13.2 Å². The molecule has 28 heavy (non-hydrogen) atoms. The predicted octanol–water partition coefficient (Wildman–Crippen LogP) is 3.36. The van der Waals surface area contributed by atoms with Crippen molar-refractivity contribution in [2.75, 3.05) is 11.9 Å². The molecule has 1 aliphatic heterocycles. The van der Waals surface area contributed by atoms with E-state index in [2.05, 4.69) is 27.2 Å². The zero-order valence-electron chi connectivity index (χ0n) is 15.9. The van der Waals surface area contributed by atoms with E-state index in [9.17, 15) is 13.2 Å². The number of nitrogens with zero attached hydrogens (tertiary/aromatic N) is 1. The molecule has 1 atom stereocenters. The van der Waals surface area contributed by atoms with Crippen molar-refractivity contribution in [3.63, 3.8) is 0 Å². The first kappa shape index (κ1) is 20.1. The van der Waals surface area contributed by atoms with Crippen molar-refractivity contribution in [3.05, 3.63) is 60.2 Å². The maximum absolute atomic E-state index is 12.3. The minimum absolute atomic E-state index is 0.0270. The molecule has 0 fully saturated rings. The van der Waals surface area contributed by atoms with Gasteiger partial charge >= 0.3 is 0 Å². The Labute approximate surface area is 166 Å². The van der Waals surface area contributed by atoms with Gasteiger partial charge in [-0.15, -0.1) is 4.40 Å². The highest BCUT2D eigenvalue weighted by Gasteiger charge is 2.25. The Morgan fingerprint density at radius 1 is 1.11 bits per heavy atom. The second-order valence-corrected chi connectivity index (χ2v) is 8.66. The predicted molar refractivity (Wildman–Crippen MR) is 111 cm³/mol. The van der Waals surface area contributed by atoms with Gasteiger partial charge in [0.2, 0.25) is 5.91 Å². The Kier molecular flexibility index (Phi) is 6.46. The summed E-state index contributed by atoms with van der Waals surface area (Å²) >= 11 is 0. The Morgan fingerprint density at radius 2 is 1.82 bits per heavy atom. The number of anilines is 1.